The summed E-state index contributed by atoms with van der Waals surface area (Å²) in [6.07, 6.45) is -4.56. The monoisotopic (exact) mass is 210 g/mol. The molecule has 0 fully saturated rings. The third-order valence-corrected chi connectivity index (χ3v) is 1.67. The van der Waals surface area contributed by atoms with Crippen molar-refractivity contribution in [3.05, 3.63) is 26.9 Å². The van der Waals surface area contributed by atoms with E-state index in [1.54, 1.807) is 0 Å². The summed E-state index contributed by atoms with van der Waals surface area (Å²) in [4.78, 5) is 12.9. The Morgan fingerprint density at radius 3 is 2.54 bits per heavy atom. The molecule has 13 heavy (non-hydrogen) atoms. The molecule has 0 aromatic carbocycles. The number of nitrogens with one attached hydrogen (secondary N) is 1. The highest BCUT2D eigenvalue weighted by Gasteiger charge is 2.33. The first kappa shape index (κ1) is 9.97. The van der Waals surface area contributed by atoms with Gasteiger partial charge >= 0.3 is 11.9 Å². The van der Waals surface area contributed by atoms with Crippen LogP contribution >= 0.6 is 12.2 Å². The second-order valence-electron chi connectivity index (χ2n) is 2.38. The van der Waals surface area contributed by atoms with Crippen molar-refractivity contribution in [1.82, 2.24) is 9.55 Å². The van der Waals surface area contributed by atoms with Crippen LogP contribution in [-0.2, 0) is 13.2 Å². The molecule has 0 amide bonds. The Labute approximate surface area is 75.8 Å². The number of aromatic amines is 1. The molecule has 0 aliphatic carbocycles. The zero-order valence-electron chi connectivity index (χ0n) is 6.47. The molecule has 72 valence electrons. The summed E-state index contributed by atoms with van der Waals surface area (Å²) >= 11 is 4.45. The topological polar surface area (TPSA) is 37.8 Å². The second kappa shape index (κ2) is 2.99. The van der Waals surface area contributed by atoms with Crippen LogP contribution in [0, 0.1) is 4.64 Å². The van der Waals surface area contributed by atoms with Crippen molar-refractivity contribution in [3.63, 3.8) is 0 Å². The number of aromatic nitrogens is 2. The van der Waals surface area contributed by atoms with E-state index in [-0.39, 0.29) is 4.64 Å². The predicted molar refractivity (Wildman–Crippen MR) is 41.9 cm³/mol. The molecule has 0 bridgehead atoms. The Morgan fingerprint density at radius 2 is 2.08 bits per heavy atom. The minimum atomic E-state index is -4.56. The fourth-order valence-electron chi connectivity index (χ4n) is 0.828. The van der Waals surface area contributed by atoms with Gasteiger partial charge in [0.05, 0.1) is 0 Å². The highest BCUT2D eigenvalue weighted by atomic mass is 32.1. The molecule has 0 saturated heterocycles. The lowest BCUT2D eigenvalue weighted by molar-refractivity contribution is -0.143. The Balaban J connectivity index is 3.56. The maximum absolute atomic E-state index is 12.2. The normalized spacial score (nSPS) is 11.7. The standard InChI is InChI=1S/C6H5F3N2OS/c1-11-3(6(7,8)9)2-4(13)10-5(11)12/h2H,1H3,(H,10,12,13). The molecule has 1 aromatic rings. The lowest BCUT2D eigenvalue weighted by Crippen LogP contribution is -2.27. The highest BCUT2D eigenvalue weighted by molar-refractivity contribution is 7.71. The van der Waals surface area contributed by atoms with E-state index >= 15 is 0 Å². The average molecular weight is 210 g/mol. The number of halogens is 3. The Hall–Kier alpha value is -1.11. The minimum absolute atomic E-state index is 0.226. The van der Waals surface area contributed by atoms with Crippen molar-refractivity contribution in [2.45, 2.75) is 6.18 Å². The molecule has 0 unspecified atom stereocenters. The molecular formula is C6H5F3N2OS. The molecule has 1 aromatic heterocycles. The van der Waals surface area contributed by atoms with Gasteiger partial charge in [-0.2, -0.15) is 13.2 Å². The average Bonchev–Trinajstić information content (AvgIpc) is 1.94. The summed E-state index contributed by atoms with van der Waals surface area (Å²) in [5, 5.41) is 0. The lowest BCUT2D eigenvalue weighted by atomic mass is 10.4. The zero-order valence-corrected chi connectivity index (χ0v) is 7.29. The summed E-state index contributed by atoms with van der Waals surface area (Å²) in [7, 11) is 1.02. The Morgan fingerprint density at radius 1 is 1.54 bits per heavy atom. The van der Waals surface area contributed by atoms with Crippen LogP contribution in [0.5, 0.6) is 0 Å². The Kier molecular flexibility index (Phi) is 2.29. The van der Waals surface area contributed by atoms with Crippen LogP contribution in [0.15, 0.2) is 10.9 Å². The lowest BCUT2D eigenvalue weighted by Gasteiger charge is -2.09. The molecule has 0 aliphatic rings. The molecule has 1 heterocycles. The van der Waals surface area contributed by atoms with Crippen LogP contribution in [0.2, 0.25) is 0 Å². The molecule has 3 nitrogen and oxygen atoms in total. The van der Waals surface area contributed by atoms with E-state index in [9.17, 15) is 18.0 Å². The minimum Gasteiger partial charge on any atom is -0.298 e. The number of hydrogen-bond acceptors (Lipinski definition) is 2. The van der Waals surface area contributed by atoms with Gasteiger partial charge in [0.15, 0.2) is 0 Å². The van der Waals surface area contributed by atoms with Gasteiger partial charge in [0.25, 0.3) is 0 Å². The third-order valence-electron chi connectivity index (χ3n) is 1.45. The summed E-state index contributed by atoms with van der Waals surface area (Å²) in [6, 6.07) is 0.705. The van der Waals surface area contributed by atoms with Crippen LogP contribution in [0.4, 0.5) is 13.2 Å². The van der Waals surface area contributed by atoms with Gasteiger partial charge in [0, 0.05) is 13.1 Å². The predicted octanol–water partition coefficient (Wildman–Crippen LogP) is 1.46. The van der Waals surface area contributed by atoms with Gasteiger partial charge in [-0.1, -0.05) is 12.2 Å². The van der Waals surface area contributed by atoms with Gasteiger partial charge in [0.2, 0.25) is 0 Å². The summed E-state index contributed by atoms with van der Waals surface area (Å²) in [6.45, 7) is 0. The van der Waals surface area contributed by atoms with Crippen molar-refractivity contribution < 1.29 is 13.2 Å². The fourth-order valence-corrected chi connectivity index (χ4v) is 1.03. The fraction of sp³-hybridized carbons (Fsp3) is 0.333. The number of alkyl halides is 3. The quantitative estimate of drug-likeness (QED) is 0.658. The second-order valence-corrected chi connectivity index (χ2v) is 2.82. The first-order chi connectivity index (χ1) is 5.82. The molecule has 0 atom stereocenters. The summed E-state index contributed by atoms with van der Waals surface area (Å²) < 4.78 is 36.8. The SMILES string of the molecule is Cn1c(C(F)(F)F)cc(=S)[nH]c1=O. The van der Waals surface area contributed by atoms with Crippen molar-refractivity contribution in [3.8, 4) is 0 Å². The van der Waals surface area contributed by atoms with Crippen molar-refractivity contribution in [2.24, 2.45) is 7.05 Å². The third kappa shape index (κ3) is 1.97. The molecular weight excluding hydrogens is 205 g/mol. The number of nitrogens with zero attached hydrogens (tertiary/aromatic N) is 1. The smallest absolute Gasteiger partial charge is 0.298 e. The molecule has 0 saturated carbocycles. The van der Waals surface area contributed by atoms with E-state index in [1.165, 1.54) is 0 Å². The molecule has 1 rings (SSSR count). The van der Waals surface area contributed by atoms with E-state index in [0.29, 0.717) is 10.6 Å². The molecule has 1 N–H and O–H groups in total. The number of hydrogen-bond donors (Lipinski definition) is 1. The van der Waals surface area contributed by atoms with Gasteiger partial charge in [0.1, 0.15) is 10.3 Å². The molecule has 0 aliphatic heterocycles. The molecule has 0 spiro atoms. The largest absolute Gasteiger partial charge is 0.431 e. The number of rotatable bonds is 0. The zero-order chi connectivity index (χ0) is 10.2. The van der Waals surface area contributed by atoms with Gasteiger partial charge in [-0.05, 0) is 0 Å². The van der Waals surface area contributed by atoms with E-state index < -0.39 is 17.6 Å². The van der Waals surface area contributed by atoms with Crippen LogP contribution in [0.25, 0.3) is 0 Å². The van der Waals surface area contributed by atoms with Gasteiger partial charge in [-0.15, -0.1) is 0 Å². The van der Waals surface area contributed by atoms with Crippen LogP contribution in [0.3, 0.4) is 0 Å². The van der Waals surface area contributed by atoms with E-state index in [2.05, 4.69) is 17.2 Å². The van der Waals surface area contributed by atoms with E-state index in [0.717, 1.165) is 7.05 Å². The van der Waals surface area contributed by atoms with Crippen molar-refractivity contribution >= 4 is 12.2 Å². The number of H-pyrrole nitrogens is 1. The molecule has 0 radical (unpaired) electrons. The van der Waals surface area contributed by atoms with E-state index in [4.69, 9.17) is 0 Å². The first-order valence-corrected chi connectivity index (χ1v) is 3.61. The van der Waals surface area contributed by atoms with Gasteiger partial charge in [-0.25, -0.2) is 4.79 Å². The van der Waals surface area contributed by atoms with Gasteiger partial charge < -0.3 is 0 Å². The molecule has 7 heteroatoms. The highest BCUT2D eigenvalue weighted by Crippen LogP contribution is 2.27. The van der Waals surface area contributed by atoms with Crippen LogP contribution < -0.4 is 5.69 Å². The summed E-state index contributed by atoms with van der Waals surface area (Å²) in [5.41, 5.74) is -1.93. The first-order valence-electron chi connectivity index (χ1n) is 3.20. The van der Waals surface area contributed by atoms with Crippen molar-refractivity contribution in [2.75, 3.05) is 0 Å². The van der Waals surface area contributed by atoms with Crippen LogP contribution in [-0.4, -0.2) is 9.55 Å². The van der Waals surface area contributed by atoms with Gasteiger partial charge in [-0.3, -0.25) is 9.55 Å². The maximum atomic E-state index is 12.2. The van der Waals surface area contributed by atoms with Crippen LogP contribution in [0.1, 0.15) is 5.69 Å². The Bertz CT molecular complexity index is 431. The van der Waals surface area contributed by atoms with Crippen molar-refractivity contribution in [1.29, 1.82) is 0 Å². The maximum Gasteiger partial charge on any atom is 0.431 e. The van der Waals surface area contributed by atoms with E-state index in [1.807, 2.05) is 0 Å². The summed E-state index contributed by atoms with van der Waals surface area (Å²) in [5.74, 6) is 0.